The monoisotopic (exact) mass is 368 g/mol. The zero-order valence-corrected chi connectivity index (χ0v) is 16.3. The Kier molecular flexibility index (Phi) is 5.99. The fourth-order valence-corrected chi connectivity index (χ4v) is 3.97. The largest absolute Gasteiger partial charge is 0.496 e. The fraction of sp³-hybridized carbons (Fsp3) is 0.333. The van der Waals surface area contributed by atoms with Crippen LogP contribution in [0.25, 0.3) is 0 Å². The normalized spacial score (nSPS) is 14.8. The molecule has 0 heterocycles. The van der Waals surface area contributed by atoms with Crippen LogP contribution in [0.5, 0.6) is 5.75 Å². The first-order valence-corrected chi connectivity index (χ1v) is 9.78. The van der Waals surface area contributed by atoms with Gasteiger partial charge in [-0.05, 0) is 68.0 Å². The van der Waals surface area contributed by atoms with Crippen molar-refractivity contribution in [2.45, 2.75) is 38.0 Å². The minimum absolute atomic E-state index is 0.0805. The molecule has 4 nitrogen and oxygen atoms in total. The predicted octanol–water partition coefficient (Wildman–Crippen LogP) is 4.26. The van der Waals surface area contributed by atoms with E-state index < -0.39 is 0 Å². The Hall–Kier alpha value is -2.27. The van der Waals surface area contributed by atoms with Crippen LogP contribution in [0.15, 0.2) is 46.4 Å². The van der Waals surface area contributed by atoms with Crippen LogP contribution in [0.1, 0.15) is 35.1 Å². The second-order valence-corrected chi connectivity index (χ2v) is 7.50. The molecule has 3 rings (SSSR count). The summed E-state index contributed by atoms with van der Waals surface area (Å²) in [5, 5.41) is 4.42. The molecule has 1 aliphatic carbocycles. The average Bonchev–Trinajstić information content (AvgIpc) is 2.65. The van der Waals surface area contributed by atoms with Gasteiger partial charge in [0.15, 0.2) is 0 Å². The van der Waals surface area contributed by atoms with Gasteiger partial charge < -0.3 is 4.74 Å². The van der Waals surface area contributed by atoms with E-state index in [1.165, 1.54) is 22.9 Å². The number of ether oxygens (including phenoxy) is 1. The Balaban J connectivity index is 1.67. The van der Waals surface area contributed by atoms with Gasteiger partial charge in [0.25, 0.3) is 0 Å². The van der Waals surface area contributed by atoms with Crippen LogP contribution in [0.4, 0.5) is 0 Å². The number of hydrogen-bond donors (Lipinski definition) is 1. The van der Waals surface area contributed by atoms with Crippen molar-refractivity contribution in [2.24, 2.45) is 5.10 Å². The minimum atomic E-state index is -0.0805. The van der Waals surface area contributed by atoms with Gasteiger partial charge in [-0.2, -0.15) is 5.10 Å². The topological polar surface area (TPSA) is 50.7 Å². The van der Waals surface area contributed by atoms with Crippen LogP contribution in [-0.4, -0.2) is 24.5 Å². The first-order valence-electron chi connectivity index (χ1n) is 8.80. The highest BCUT2D eigenvalue weighted by molar-refractivity contribution is 8.00. The second-order valence-electron chi connectivity index (χ2n) is 6.48. The number of hydrogen-bond acceptors (Lipinski definition) is 4. The van der Waals surface area contributed by atoms with E-state index in [9.17, 15) is 4.79 Å². The second kappa shape index (κ2) is 8.41. The summed E-state index contributed by atoms with van der Waals surface area (Å²) in [7, 11) is 1.69. The Morgan fingerprint density at radius 1 is 1.19 bits per heavy atom. The van der Waals surface area contributed by atoms with Crippen molar-refractivity contribution in [1.82, 2.24) is 5.43 Å². The molecule has 0 unspecified atom stereocenters. The molecule has 0 aliphatic heterocycles. The number of benzene rings is 2. The summed E-state index contributed by atoms with van der Waals surface area (Å²) in [6.45, 7) is 4.08. The number of carbonyl (C=O) groups is 1. The minimum Gasteiger partial charge on any atom is -0.496 e. The van der Waals surface area contributed by atoms with Gasteiger partial charge in [0.05, 0.1) is 18.6 Å². The molecule has 1 N–H and O–H groups in total. The number of aryl methyl sites for hydroxylation is 3. The van der Waals surface area contributed by atoms with Gasteiger partial charge in [-0.15, -0.1) is 11.8 Å². The molecule has 1 amide bonds. The van der Waals surface area contributed by atoms with Crippen molar-refractivity contribution in [1.29, 1.82) is 0 Å². The lowest BCUT2D eigenvalue weighted by molar-refractivity contribution is -0.118. The molecule has 0 saturated heterocycles. The van der Waals surface area contributed by atoms with Crippen LogP contribution in [0.2, 0.25) is 0 Å². The van der Waals surface area contributed by atoms with Crippen molar-refractivity contribution < 1.29 is 9.53 Å². The summed E-state index contributed by atoms with van der Waals surface area (Å²) in [5.41, 5.74) is 8.31. The average molecular weight is 369 g/mol. The highest BCUT2D eigenvalue weighted by Gasteiger charge is 2.18. The summed E-state index contributed by atoms with van der Waals surface area (Å²) in [6.07, 6.45) is 2.93. The van der Waals surface area contributed by atoms with Crippen molar-refractivity contribution in [3.63, 3.8) is 0 Å². The standard InChI is InChI=1S/C21H24N2O2S/c1-14-7-4-5-10-20(14)26-13-21(24)23-22-18-9-6-8-16-12-19(25-3)15(2)11-17(16)18/h4-5,7,10-12H,6,8-9,13H2,1-3H3,(H,23,24)/b22-18-. The van der Waals surface area contributed by atoms with Crippen molar-refractivity contribution in [3.05, 3.63) is 58.7 Å². The molecule has 2 aromatic carbocycles. The van der Waals surface area contributed by atoms with Gasteiger partial charge in [0.2, 0.25) is 5.91 Å². The molecule has 26 heavy (non-hydrogen) atoms. The van der Waals surface area contributed by atoms with E-state index in [4.69, 9.17) is 4.74 Å². The molecule has 0 radical (unpaired) electrons. The van der Waals surface area contributed by atoms with Gasteiger partial charge in [0, 0.05) is 10.5 Å². The Morgan fingerprint density at radius 3 is 2.77 bits per heavy atom. The van der Waals surface area contributed by atoms with Crippen molar-refractivity contribution in [2.75, 3.05) is 12.9 Å². The molecule has 5 heteroatoms. The fourth-order valence-electron chi connectivity index (χ4n) is 3.15. The smallest absolute Gasteiger partial charge is 0.250 e. The van der Waals surface area contributed by atoms with E-state index in [0.717, 1.165) is 46.7 Å². The third-order valence-electron chi connectivity index (χ3n) is 4.56. The molecule has 0 saturated carbocycles. The summed E-state index contributed by atoms with van der Waals surface area (Å²) < 4.78 is 5.42. The highest BCUT2D eigenvalue weighted by atomic mass is 32.2. The Bertz CT molecular complexity index is 846. The third kappa shape index (κ3) is 4.28. The molecule has 0 spiro atoms. The molecule has 0 aromatic heterocycles. The Labute approximate surface area is 159 Å². The molecule has 0 bridgehead atoms. The molecular formula is C21H24N2O2S. The molecule has 2 aromatic rings. The zero-order valence-electron chi connectivity index (χ0n) is 15.5. The molecular weight excluding hydrogens is 344 g/mol. The molecule has 1 aliphatic rings. The lowest BCUT2D eigenvalue weighted by atomic mass is 9.88. The first-order chi connectivity index (χ1) is 12.6. The SMILES string of the molecule is COc1cc2c(cc1C)/C(=N\NC(=O)CSc1ccccc1C)CCC2. The van der Waals surface area contributed by atoms with Gasteiger partial charge in [0.1, 0.15) is 5.75 Å². The summed E-state index contributed by atoms with van der Waals surface area (Å²) in [6, 6.07) is 12.3. The number of rotatable bonds is 5. The number of thioether (sulfide) groups is 1. The van der Waals surface area contributed by atoms with Crippen LogP contribution in [-0.2, 0) is 11.2 Å². The van der Waals surface area contributed by atoms with Gasteiger partial charge in [-0.1, -0.05) is 18.2 Å². The quantitative estimate of drug-likeness (QED) is 0.634. The number of methoxy groups -OCH3 is 1. The number of carbonyl (C=O) groups excluding carboxylic acids is 1. The van der Waals surface area contributed by atoms with E-state index in [1.54, 1.807) is 7.11 Å². The van der Waals surface area contributed by atoms with E-state index in [1.807, 2.05) is 25.1 Å². The molecule has 136 valence electrons. The highest BCUT2D eigenvalue weighted by Crippen LogP contribution is 2.29. The van der Waals surface area contributed by atoms with E-state index in [0.29, 0.717) is 5.75 Å². The maximum atomic E-state index is 12.2. The van der Waals surface area contributed by atoms with Crippen molar-refractivity contribution >= 4 is 23.4 Å². The number of nitrogens with one attached hydrogen (secondary N) is 1. The summed E-state index contributed by atoms with van der Waals surface area (Å²) in [5.74, 6) is 1.18. The van der Waals surface area contributed by atoms with E-state index in [-0.39, 0.29) is 5.91 Å². The first kappa shape index (κ1) is 18.5. The van der Waals surface area contributed by atoms with E-state index in [2.05, 4.69) is 35.7 Å². The molecule has 0 atom stereocenters. The van der Waals surface area contributed by atoms with Gasteiger partial charge >= 0.3 is 0 Å². The maximum absolute atomic E-state index is 12.2. The summed E-state index contributed by atoms with van der Waals surface area (Å²) in [4.78, 5) is 13.3. The maximum Gasteiger partial charge on any atom is 0.250 e. The lowest BCUT2D eigenvalue weighted by Gasteiger charge is -2.20. The van der Waals surface area contributed by atoms with E-state index >= 15 is 0 Å². The third-order valence-corrected chi connectivity index (χ3v) is 5.73. The number of nitrogens with zero attached hydrogens (tertiary/aromatic N) is 1. The zero-order chi connectivity index (χ0) is 18.5. The van der Waals surface area contributed by atoms with Crippen molar-refractivity contribution in [3.8, 4) is 5.75 Å². The van der Waals surface area contributed by atoms with Gasteiger partial charge in [-0.25, -0.2) is 5.43 Å². The number of amides is 1. The number of fused-ring (bicyclic) bond motifs is 1. The summed E-state index contributed by atoms with van der Waals surface area (Å²) >= 11 is 1.54. The lowest BCUT2D eigenvalue weighted by Crippen LogP contribution is -2.23. The van der Waals surface area contributed by atoms with Crippen LogP contribution < -0.4 is 10.2 Å². The number of hydrazone groups is 1. The van der Waals surface area contributed by atoms with Crippen LogP contribution in [0.3, 0.4) is 0 Å². The van der Waals surface area contributed by atoms with Crippen LogP contribution >= 0.6 is 11.8 Å². The molecule has 0 fully saturated rings. The predicted molar refractivity (Wildman–Crippen MR) is 107 cm³/mol. The van der Waals surface area contributed by atoms with Gasteiger partial charge in [-0.3, -0.25) is 4.79 Å². The van der Waals surface area contributed by atoms with Crippen LogP contribution in [0, 0.1) is 13.8 Å². The Morgan fingerprint density at radius 2 is 2.00 bits per heavy atom.